The molecule has 0 aliphatic carbocycles. The van der Waals surface area contributed by atoms with Gasteiger partial charge >= 0.3 is 5.97 Å². The van der Waals surface area contributed by atoms with Crippen LogP contribution < -0.4 is 18.9 Å². The van der Waals surface area contributed by atoms with E-state index in [4.69, 9.17) is 18.9 Å². The Hall–Kier alpha value is -3.57. The van der Waals surface area contributed by atoms with E-state index in [0.29, 0.717) is 17.2 Å². The number of Topliss-reactive ketones (excluding diaryl/α,β-unsaturated/α-hetero) is 1. The zero-order valence-corrected chi connectivity index (χ0v) is 21.4. The van der Waals surface area contributed by atoms with E-state index in [-0.39, 0.29) is 21.7 Å². The molecule has 0 radical (unpaired) electrons. The minimum Gasteiger partial charge on any atom is -0.493 e. The average Bonchev–Trinajstić information content (AvgIpc) is 2.86. The zero-order chi connectivity index (χ0) is 25.6. The van der Waals surface area contributed by atoms with Gasteiger partial charge in [-0.1, -0.05) is 15.9 Å². The van der Waals surface area contributed by atoms with Gasteiger partial charge in [-0.25, -0.2) is 13.2 Å². The fraction of sp³-hybridized carbons (Fsp3) is 0.167. The number of rotatable bonds is 10. The van der Waals surface area contributed by atoms with Crippen LogP contribution in [-0.2, 0) is 14.8 Å². The van der Waals surface area contributed by atoms with Crippen molar-refractivity contribution in [2.24, 2.45) is 0 Å². The molecule has 35 heavy (non-hydrogen) atoms. The third-order valence-corrected chi connectivity index (χ3v) is 6.74. The molecule has 11 heteroatoms. The highest BCUT2D eigenvalue weighted by Crippen LogP contribution is 2.38. The fourth-order valence-electron chi connectivity index (χ4n) is 3.04. The molecule has 0 heterocycles. The number of anilines is 1. The molecule has 184 valence electrons. The second-order valence-corrected chi connectivity index (χ2v) is 9.65. The molecule has 0 spiro atoms. The van der Waals surface area contributed by atoms with Gasteiger partial charge in [-0.15, -0.1) is 0 Å². The number of methoxy groups -OCH3 is 3. The third kappa shape index (κ3) is 6.31. The van der Waals surface area contributed by atoms with E-state index in [1.165, 1.54) is 69.9 Å². The van der Waals surface area contributed by atoms with E-state index in [1.807, 2.05) is 0 Å². The summed E-state index contributed by atoms with van der Waals surface area (Å²) < 4.78 is 49.0. The summed E-state index contributed by atoms with van der Waals surface area (Å²) in [6.07, 6.45) is 0. The van der Waals surface area contributed by atoms with Crippen molar-refractivity contribution in [3.05, 3.63) is 76.3 Å². The molecule has 0 fully saturated rings. The molecule has 3 rings (SSSR count). The highest BCUT2D eigenvalue weighted by atomic mass is 79.9. The van der Waals surface area contributed by atoms with Gasteiger partial charge in [-0.3, -0.25) is 9.52 Å². The Morgan fingerprint density at radius 3 is 1.91 bits per heavy atom. The van der Waals surface area contributed by atoms with Crippen LogP contribution >= 0.6 is 15.9 Å². The number of halogens is 1. The smallest absolute Gasteiger partial charge is 0.338 e. The van der Waals surface area contributed by atoms with Crippen LogP contribution in [0.1, 0.15) is 20.7 Å². The van der Waals surface area contributed by atoms with Crippen LogP contribution in [-0.4, -0.2) is 48.1 Å². The second-order valence-electron chi connectivity index (χ2n) is 7.05. The average molecular weight is 564 g/mol. The lowest BCUT2D eigenvalue weighted by molar-refractivity contribution is 0.0474. The predicted molar refractivity (Wildman–Crippen MR) is 132 cm³/mol. The Bertz CT molecular complexity index is 1300. The summed E-state index contributed by atoms with van der Waals surface area (Å²) in [7, 11) is 0.502. The molecular formula is C24H22BrNO8S. The predicted octanol–water partition coefficient (Wildman–Crippen LogP) is 4.32. The van der Waals surface area contributed by atoms with Crippen LogP contribution in [0, 0.1) is 0 Å². The summed E-state index contributed by atoms with van der Waals surface area (Å²) in [5.41, 5.74) is 0.622. The molecule has 0 aliphatic heterocycles. The normalized spacial score (nSPS) is 10.9. The maximum absolute atomic E-state index is 12.6. The van der Waals surface area contributed by atoms with Gasteiger partial charge in [0.1, 0.15) is 0 Å². The topological polar surface area (TPSA) is 117 Å². The Labute approximate surface area is 211 Å². The first-order valence-electron chi connectivity index (χ1n) is 10.1. The SMILES string of the molecule is COc1cc(C(=O)COC(=O)c2ccc(NS(=O)(=O)c3ccc(Br)cc3)cc2)cc(OC)c1OC. The highest BCUT2D eigenvalue weighted by molar-refractivity contribution is 9.10. The van der Waals surface area contributed by atoms with Crippen molar-refractivity contribution < 1.29 is 37.0 Å². The number of ketones is 1. The Balaban J connectivity index is 1.65. The van der Waals surface area contributed by atoms with E-state index < -0.39 is 28.4 Å². The summed E-state index contributed by atoms with van der Waals surface area (Å²) in [5.74, 6) is -0.297. The van der Waals surface area contributed by atoms with Crippen LogP contribution in [0.2, 0.25) is 0 Å². The van der Waals surface area contributed by atoms with Crippen molar-refractivity contribution in [3.8, 4) is 17.2 Å². The summed E-state index contributed by atoms with van der Waals surface area (Å²) >= 11 is 3.26. The Morgan fingerprint density at radius 1 is 0.829 bits per heavy atom. The second kappa shape index (κ2) is 11.2. The lowest BCUT2D eigenvalue weighted by atomic mass is 10.1. The van der Waals surface area contributed by atoms with Crippen molar-refractivity contribution >= 4 is 43.4 Å². The van der Waals surface area contributed by atoms with Crippen molar-refractivity contribution in [1.82, 2.24) is 0 Å². The summed E-state index contributed by atoms with van der Waals surface area (Å²) in [6.45, 7) is -0.518. The summed E-state index contributed by atoms with van der Waals surface area (Å²) in [6, 6.07) is 14.7. The summed E-state index contributed by atoms with van der Waals surface area (Å²) in [5, 5.41) is 0. The number of carbonyl (C=O) groups excluding carboxylic acids is 2. The lowest BCUT2D eigenvalue weighted by Gasteiger charge is -2.13. The molecule has 3 aromatic carbocycles. The van der Waals surface area contributed by atoms with Crippen LogP contribution in [0.25, 0.3) is 0 Å². The molecule has 0 saturated carbocycles. The molecule has 3 aromatic rings. The van der Waals surface area contributed by atoms with E-state index >= 15 is 0 Å². The number of esters is 1. The molecular weight excluding hydrogens is 542 g/mol. The minimum absolute atomic E-state index is 0.0921. The molecule has 0 atom stereocenters. The van der Waals surface area contributed by atoms with Crippen LogP contribution in [0.4, 0.5) is 5.69 Å². The van der Waals surface area contributed by atoms with E-state index in [1.54, 1.807) is 12.1 Å². The number of hydrogen-bond donors (Lipinski definition) is 1. The van der Waals surface area contributed by atoms with Gasteiger partial charge in [-0.2, -0.15) is 0 Å². The zero-order valence-electron chi connectivity index (χ0n) is 19.0. The van der Waals surface area contributed by atoms with Crippen molar-refractivity contribution in [2.45, 2.75) is 4.90 Å². The summed E-state index contributed by atoms with van der Waals surface area (Å²) in [4.78, 5) is 25.1. The Kier molecular flexibility index (Phi) is 8.36. The van der Waals surface area contributed by atoms with Crippen LogP contribution in [0.3, 0.4) is 0 Å². The highest BCUT2D eigenvalue weighted by Gasteiger charge is 2.19. The van der Waals surface area contributed by atoms with E-state index in [9.17, 15) is 18.0 Å². The molecule has 0 unspecified atom stereocenters. The number of ether oxygens (including phenoxy) is 4. The van der Waals surface area contributed by atoms with Crippen molar-refractivity contribution in [1.29, 1.82) is 0 Å². The van der Waals surface area contributed by atoms with Gasteiger partial charge in [0.25, 0.3) is 10.0 Å². The molecule has 0 aromatic heterocycles. The first-order chi connectivity index (χ1) is 16.7. The quantitative estimate of drug-likeness (QED) is 0.286. The van der Waals surface area contributed by atoms with Crippen LogP contribution in [0.15, 0.2) is 70.0 Å². The third-order valence-electron chi connectivity index (χ3n) is 4.82. The van der Waals surface area contributed by atoms with Gasteiger partial charge in [0.05, 0.1) is 31.8 Å². The first kappa shape index (κ1) is 26.0. The lowest BCUT2D eigenvalue weighted by Crippen LogP contribution is -2.15. The van der Waals surface area contributed by atoms with Crippen LogP contribution in [0.5, 0.6) is 17.2 Å². The van der Waals surface area contributed by atoms with Crippen molar-refractivity contribution in [2.75, 3.05) is 32.7 Å². The Morgan fingerprint density at radius 2 is 1.40 bits per heavy atom. The number of sulfonamides is 1. The standard InChI is InChI=1S/C24H22BrNO8S/c1-31-21-12-16(13-22(32-2)23(21)33-3)20(27)14-34-24(28)15-4-8-18(9-5-15)26-35(29,30)19-10-6-17(25)7-11-19/h4-13,26H,14H2,1-3H3. The maximum Gasteiger partial charge on any atom is 0.338 e. The van der Waals surface area contributed by atoms with Gasteiger partial charge < -0.3 is 18.9 Å². The number of benzene rings is 3. The van der Waals surface area contributed by atoms with Gasteiger partial charge in [0.15, 0.2) is 18.1 Å². The number of nitrogens with one attached hydrogen (secondary N) is 1. The molecule has 9 nitrogen and oxygen atoms in total. The van der Waals surface area contributed by atoms with E-state index in [0.717, 1.165) is 4.47 Å². The first-order valence-corrected chi connectivity index (χ1v) is 12.3. The molecule has 0 saturated heterocycles. The van der Waals surface area contributed by atoms with Gasteiger partial charge in [0.2, 0.25) is 11.5 Å². The number of hydrogen-bond acceptors (Lipinski definition) is 8. The largest absolute Gasteiger partial charge is 0.493 e. The molecule has 0 bridgehead atoms. The van der Waals surface area contributed by atoms with E-state index in [2.05, 4.69) is 20.7 Å². The van der Waals surface area contributed by atoms with Gasteiger partial charge in [-0.05, 0) is 60.7 Å². The monoisotopic (exact) mass is 563 g/mol. The fourth-order valence-corrected chi connectivity index (χ4v) is 4.36. The number of carbonyl (C=O) groups is 2. The van der Waals surface area contributed by atoms with Crippen molar-refractivity contribution in [3.63, 3.8) is 0 Å². The van der Waals surface area contributed by atoms with Gasteiger partial charge in [0, 0.05) is 15.7 Å². The molecule has 1 N–H and O–H groups in total. The molecule has 0 aliphatic rings. The minimum atomic E-state index is -3.79. The maximum atomic E-state index is 12.6. The molecule has 0 amide bonds.